The van der Waals surface area contributed by atoms with Crippen molar-refractivity contribution in [3.63, 3.8) is 0 Å². The average molecular weight is 505 g/mol. The van der Waals surface area contributed by atoms with Crippen LogP contribution in [-0.4, -0.2) is 36.2 Å². The van der Waals surface area contributed by atoms with Crippen LogP contribution in [0.2, 0.25) is 23.2 Å². The zero-order valence-corrected chi connectivity index (χ0v) is 23.6. The zero-order valence-electron chi connectivity index (χ0n) is 21.9. The Kier molecular flexibility index (Phi) is 6.70. The van der Waals surface area contributed by atoms with Gasteiger partial charge in [-0.1, -0.05) is 38.4 Å². The molecule has 0 aliphatic carbocycles. The van der Waals surface area contributed by atoms with Crippen molar-refractivity contribution in [1.82, 2.24) is 0 Å². The highest BCUT2D eigenvalue weighted by atomic mass is 35.5. The van der Waals surface area contributed by atoms with Gasteiger partial charge in [0.1, 0.15) is 23.2 Å². The number of carboxylic acids is 1. The number of aliphatic hydroxyl groups excluding tert-OH is 1. The van der Waals surface area contributed by atoms with Crippen molar-refractivity contribution < 1.29 is 24.2 Å². The molecule has 7 heteroatoms. The van der Waals surface area contributed by atoms with E-state index in [1.807, 2.05) is 34.6 Å². The molecule has 1 aliphatic rings. The Morgan fingerprint density at radius 3 is 2.21 bits per heavy atom. The van der Waals surface area contributed by atoms with Gasteiger partial charge in [0.25, 0.3) is 8.32 Å². The maximum atomic E-state index is 12.2. The third-order valence-corrected chi connectivity index (χ3v) is 12.4. The van der Waals surface area contributed by atoms with Crippen LogP contribution < -0.4 is 9.16 Å². The van der Waals surface area contributed by atoms with E-state index >= 15 is 0 Å². The van der Waals surface area contributed by atoms with Crippen molar-refractivity contribution in [2.24, 2.45) is 0 Å². The normalized spacial score (nSPS) is 19.9. The van der Waals surface area contributed by atoms with E-state index in [0.717, 1.165) is 28.0 Å². The number of hydrogen-bond donors (Lipinski definition) is 2. The molecule has 0 bridgehead atoms. The van der Waals surface area contributed by atoms with E-state index in [2.05, 4.69) is 33.9 Å². The van der Waals surface area contributed by atoms with Crippen LogP contribution in [-0.2, 0) is 0 Å². The maximum Gasteiger partial charge on any atom is 0.336 e. The van der Waals surface area contributed by atoms with Gasteiger partial charge in [-0.25, -0.2) is 4.79 Å². The molecule has 2 N–H and O–H groups in total. The van der Waals surface area contributed by atoms with Crippen LogP contribution in [0.4, 0.5) is 0 Å². The van der Waals surface area contributed by atoms with E-state index in [-0.39, 0.29) is 10.6 Å². The molecule has 0 aromatic heterocycles. The molecule has 1 aliphatic heterocycles. The van der Waals surface area contributed by atoms with Gasteiger partial charge in [-0.15, -0.1) is 0 Å². The summed E-state index contributed by atoms with van der Waals surface area (Å²) in [7, 11) is -2.19. The molecule has 0 saturated heterocycles. The number of hydrogen-bond acceptors (Lipinski definition) is 4. The van der Waals surface area contributed by atoms with Crippen molar-refractivity contribution in [2.75, 3.05) is 0 Å². The van der Waals surface area contributed by atoms with Gasteiger partial charge >= 0.3 is 5.97 Å². The van der Waals surface area contributed by atoms with E-state index in [1.165, 1.54) is 6.07 Å². The number of carboxylic acid groups (broad SMARTS) is 1. The van der Waals surface area contributed by atoms with Crippen LogP contribution in [0, 0.1) is 20.8 Å². The minimum absolute atomic E-state index is 0.00763. The molecular weight excluding hydrogens is 468 g/mol. The monoisotopic (exact) mass is 504 g/mol. The molecule has 0 radical (unpaired) electrons. The Bertz CT molecular complexity index is 1150. The number of carbonyl (C=O) groups is 1. The molecule has 34 heavy (non-hydrogen) atoms. The summed E-state index contributed by atoms with van der Waals surface area (Å²) in [6, 6.07) is 4.82. The van der Waals surface area contributed by atoms with Gasteiger partial charge in [0, 0.05) is 16.5 Å². The van der Waals surface area contributed by atoms with Crippen LogP contribution in [0.25, 0.3) is 0 Å². The lowest BCUT2D eigenvalue weighted by atomic mass is 9.73. The highest BCUT2D eigenvalue weighted by Crippen LogP contribution is 2.53. The maximum absolute atomic E-state index is 12.2. The topological polar surface area (TPSA) is 76.0 Å². The molecule has 2 aromatic carbocycles. The standard InChI is InChI=1S/C27H37ClO5Si/c1-14-15(2)23-19(16(3)22(14)33-34(9,10)26(4,5)6)21(24(29)27(7,8)32-23)20-17(25(30)31)12-11-13-18(20)28/h11-13,21,24,29H,1-10H3,(H,30,31). The molecule has 3 rings (SSSR count). The van der Waals surface area contributed by atoms with Gasteiger partial charge in [0.2, 0.25) is 0 Å². The summed E-state index contributed by atoms with van der Waals surface area (Å²) in [6.07, 6.45) is -1.03. The summed E-state index contributed by atoms with van der Waals surface area (Å²) in [5, 5.41) is 21.8. The van der Waals surface area contributed by atoms with Gasteiger partial charge in [0.15, 0.2) is 0 Å². The third kappa shape index (κ3) is 4.25. The van der Waals surface area contributed by atoms with E-state index in [9.17, 15) is 15.0 Å². The second kappa shape index (κ2) is 8.57. The predicted molar refractivity (Wildman–Crippen MR) is 139 cm³/mol. The van der Waals surface area contributed by atoms with Crippen molar-refractivity contribution in [3.8, 4) is 11.5 Å². The quantitative estimate of drug-likeness (QED) is 0.438. The number of fused-ring (bicyclic) bond motifs is 1. The second-order valence-electron chi connectivity index (χ2n) is 11.4. The number of rotatable bonds is 4. The fourth-order valence-electron chi connectivity index (χ4n) is 4.41. The predicted octanol–water partition coefficient (Wildman–Crippen LogP) is 7.01. The molecule has 0 amide bonds. The van der Waals surface area contributed by atoms with Gasteiger partial charge in [0.05, 0.1) is 5.56 Å². The molecule has 186 valence electrons. The van der Waals surface area contributed by atoms with Crippen molar-refractivity contribution in [2.45, 2.75) is 91.1 Å². The van der Waals surface area contributed by atoms with Gasteiger partial charge in [-0.3, -0.25) is 0 Å². The average Bonchev–Trinajstić information content (AvgIpc) is 2.70. The van der Waals surface area contributed by atoms with Crippen LogP contribution in [0.1, 0.15) is 78.7 Å². The minimum atomic E-state index is -2.19. The summed E-state index contributed by atoms with van der Waals surface area (Å²) in [6.45, 7) is 20.6. The second-order valence-corrected chi connectivity index (χ2v) is 16.6. The van der Waals surface area contributed by atoms with Crippen LogP contribution in [0.5, 0.6) is 11.5 Å². The fraction of sp³-hybridized carbons (Fsp3) is 0.519. The molecule has 5 nitrogen and oxygen atoms in total. The molecule has 0 spiro atoms. The van der Waals surface area contributed by atoms with Crippen molar-refractivity contribution >= 4 is 25.9 Å². The van der Waals surface area contributed by atoms with Gasteiger partial charge in [-0.05, 0) is 87.1 Å². The smallest absolute Gasteiger partial charge is 0.336 e. The molecule has 2 atom stereocenters. The van der Waals surface area contributed by atoms with Gasteiger partial charge < -0.3 is 19.4 Å². The van der Waals surface area contributed by atoms with Crippen LogP contribution in [0.15, 0.2) is 18.2 Å². The highest BCUT2D eigenvalue weighted by molar-refractivity contribution is 6.74. The fourth-order valence-corrected chi connectivity index (χ4v) is 5.82. The Morgan fingerprint density at radius 1 is 1.09 bits per heavy atom. The summed E-state index contributed by atoms with van der Waals surface area (Å²) in [5.41, 5.74) is 3.00. The molecular formula is C27H37ClO5Si. The number of ether oxygens (including phenoxy) is 1. The minimum Gasteiger partial charge on any atom is -0.543 e. The van der Waals surface area contributed by atoms with Gasteiger partial charge in [-0.2, -0.15) is 0 Å². The summed E-state index contributed by atoms with van der Waals surface area (Å²) >= 11 is 6.62. The first kappa shape index (κ1) is 26.6. The molecule has 0 fully saturated rings. The number of benzene rings is 2. The van der Waals surface area contributed by atoms with E-state index in [1.54, 1.807) is 12.1 Å². The summed E-state index contributed by atoms with van der Waals surface area (Å²) in [5.74, 6) is -0.337. The Morgan fingerprint density at radius 2 is 1.68 bits per heavy atom. The number of aliphatic hydroxyl groups is 1. The van der Waals surface area contributed by atoms with Crippen LogP contribution >= 0.6 is 11.6 Å². The highest BCUT2D eigenvalue weighted by Gasteiger charge is 2.48. The first-order chi connectivity index (χ1) is 15.4. The first-order valence-electron chi connectivity index (χ1n) is 11.6. The zero-order chi connectivity index (χ0) is 26.0. The van der Waals surface area contributed by atoms with Crippen LogP contribution in [0.3, 0.4) is 0 Å². The molecule has 2 unspecified atom stereocenters. The SMILES string of the molecule is Cc1c(C)c2c(c(C)c1O[Si](C)(C)C(C)(C)C)C(c1c(Cl)cccc1C(=O)O)C(O)C(C)(C)O2. The molecule has 1 heterocycles. The Hall–Kier alpha value is -2.02. The Labute approximate surface area is 209 Å². The molecule has 2 aromatic rings. The van der Waals surface area contributed by atoms with Crippen molar-refractivity contribution in [3.05, 3.63) is 56.6 Å². The van der Waals surface area contributed by atoms with Crippen molar-refractivity contribution in [1.29, 1.82) is 0 Å². The Balaban J connectivity index is 2.41. The largest absolute Gasteiger partial charge is 0.543 e. The summed E-state index contributed by atoms with van der Waals surface area (Å²) in [4.78, 5) is 12.2. The lowest BCUT2D eigenvalue weighted by Crippen LogP contribution is -2.50. The van der Waals surface area contributed by atoms with E-state index in [0.29, 0.717) is 16.3 Å². The lowest BCUT2D eigenvalue weighted by molar-refractivity contribution is -0.0520. The number of aromatic carboxylic acids is 1. The number of halogens is 1. The molecule has 0 saturated carbocycles. The third-order valence-electron chi connectivity index (χ3n) is 7.69. The van der Waals surface area contributed by atoms with E-state index < -0.39 is 31.9 Å². The first-order valence-corrected chi connectivity index (χ1v) is 14.9. The van der Waals surface area contributed by atoms with E-state index in [4.69, 9.17) is 20.8 Å². The lowest BCUT2D eigenvalue weighted by Gasteiger charge is -2.45. The summed E-state index contributed by atoms with van der Waals surface area (Å²) < 4.78 is 13.2.